The van der Waals surface area contributed by atoms with Gasteiger partial charge in [0.1, 0.15) is 0 Å². The quantitative estimate of drug-likeness (QED) is 0.897. The molecule has 4 nitrogen and oxygen atoms in total. The van der Waals surface area contributed by atoms with E-state index in [9.17, 15) is 14.7 Å². The molecule has 2 aliphatic carbocycles. The largest absolute Gasteiger partial charge is 0.481 e. The average molecular weight is 301 g/mol. The zero-order chi connectivity index (χ0) is 16.0. The lowest BCUT2D eigenvalue weighted by atomic mass is 9.66. The maximum atomic E-state index is 12.4. The third-order valence-corrected chi connectivity index (χ3v) is 5.38. The minimum atomic E-state index is -0.832. The molecule has 4 heteroatoms. The normalized spacial score (nSPS) is 24.2. The van der Waals surface area contributed by atoms with Crippen molar-refractivity contribution in [1.82, 2.24) is 5.32 Å². The molecule has 0 aromatic heterocycles. The molecule has 3 rings (SSSR count). The van der Waals surface area contributed by atoms with Crippen molar-refractivity contribution >= 4 is 11.9 Å². The Labute approximate surface area is 130 Å². The Morgan fingerprint density at radius 2 is 1.95 bits per heavy atom. The lowest BCUT2D eigenvalue weighted by molar-refractivity contribution is -0.157. The summed E-state index contributed by atoms with van der Waals surface area (Å²) in [7, 11) is 0. The summed E-state index contributed by atoms with van der Waals surface area (Å²) < 4.78 is 0. The SMILES string of the molecule is CC1(C)CC(NC(=O)CC2(C(=O)O)CCC2)c2ccccc21. The van der Waals surface area contributed by atoms with Crippen molar-refractivity contribution < 1.29 is 14.7 Å². The van der Waals surface area contributed by atoms with Gasteiger partial charge >= 0.3 is 5.97 Å². The predicted molar refractivity (Wildman–Crippen MR) is 83.5 cm³/mol. The number of fused-ring (bicyclic) bond motifs is 1. The van der Waals surface area contributed by atoms with Gasteiger partial charge in [-0.1, -0.05) is 44.5 Å². The number of carboxylic acids is 1. The highest BCUT2D eigenvalue weighted by atomic mass is 16.4. The van der Waals surface area contributed by atoms with E-state index < -0.39 is 11.4 Å². The fraction of sp³-hybridized carbons (Fsp3) is 0.556. The molecular weight excluding hydrogens is 278 g/mol. The third kappa shape index (κ3) is 2.40. The second-order valence-electron chi connectivity index (χ2n) is 7.41. The van der Waals surface area contributed by atoms with E-state index in [1.165, 1.54) is 11.1 Å². The predicted octanol–water partition coefficient (Wildman–Crippen LogP) is 3.17. The van der Waals surface area contributed by atoms with Crippen molar-refractivity contribution in [2.45, 2.75) is 57.4 Å². The number of hydrogen-bond acceptors (Lipinski definition) is 2. The van der Waals surface area contributed by atoms with Gasteiger partial charge in [0, 0.05) is 6.42 Å². The Morgan fingerprint density at radius 3 is 2.55 bits per heavy atom. The van der Waals surface area contributed by atoms with Gasteiger partial charge in [-0.2, -0.15) is 0 Å². The molecule has 0 spiro atoms. The first-order chi connectivity index (χ1) is 10.3. The van der Waals surface area contributed by atoms with Gasteiger partial charge in [0.05, 0.1) is 11.5 Å². The standard InChI is InChI=1S/C18H23NO3/c1-17(2)10-14(12-6-3-4-7-13(12)17)19-15(20)11-18(16(21)22)8-5-9-18/h3-4,6-7,14H,5,8-11H2,1-2H3,(H,19,20)(H,21,22). The van der Waals surface area contributed by atoms with Crippen molar-refractivity contribution in [3.63, 3.8) is 0 Å². The Balaban J connectivity index is 1.72. The van der Waals surface area contributed by atoms with Crippen LogP contribution < -0.4 is 5.32 Å². The first kappa shape index (κ1) is 15.1. The number of amides is 1. The highest BCUT2D eigenvalue weighted by Gasteiger charge is 2.46. The number of carbonyl (C=O) groups excluding carboxylic acids is 1. The summed E-state index contributed by atoms with van der Waals surface area (Å²) in [5.74, 6) is -0.972. The molecule has 0 radical (unpaired) electrons. The van der Waals surface area contributed by atoms with Gasteiger partial charge in [-0.25, -0.2) is 0 Å². The average Bonchev–Trinajstić information content (AvgIpc) is 2.66. The first-order valence-corrected chi connectivity index (χ1v) is 7.96. The summed E-state index contributed by atoms with van der Waals surface area (Å²) in [6.45, 7) is 4.37. The summed E-state index contributed by atoms with van der Waals surface area (Å²) in [6.07, 6.45) is 3.09. The summed E-state index contributed by atoms with van der Waals surface area (Å²) in [5.41, 5.74) is 1.66. The van der Waals surface area contributed by atoms with E-state index in [4.69, 9.17) is 0 Å². The molecule has 0 heterocycles. The molecule has 2 aliphatic rings. The Kier molecular flexibility index (Phi) is 3.50. The maximum absolute atomic E-state index is 12.4. The van der Waals surface area contributed by atoms with Gasteiger partial charge in [-0.05, 0) is 35.8 Å². The molecule has 0 aliphatic heterocycles. The molecule has 118 valence electrons. The number of nitrogens with one attached hydrogen (secondary N) is 1. The Hall–Kier alpha value is -1.84. The van der Waals surface area contributed by atoms with Crippen LogP contribution in [0.5, 0.6) is 0 Å². The van der Waals surface area contributed by atoms with E-state index in [-0.39, 0.29) is 23.8 Å². The lowest BCUT2D eigenvalue weighted by Crippen LogP contribution is -2.43. The number of carboxylic acid groups (broad SMARTS) is 1. The van der Waals surface area contributed by atoms with E-state index in [1.54, 1.807) is 0 Å². The molecule has 0 bridgehead atoms. The van der Waals surface area contributed by atoms with Gasteiger partial charge in [0.2, 0.25) is 5.91 Å². The maximum Gasteiger partial charge on any atom is 0.310 e. The number of aliphatic carboxylic acids is 1. The monoisotopic (exact) mass is 301 g/mol. The zero-order valence-corrected chi connectivity index (χ0v) is 13.2. The molecule has 1 fully saturated rings. The lowest BCUT2D eigenvalue weighted by Gasteiger charge is -2.37. The third-order valence-electron chi connectivity index (χ3n) is 5.38. The Bertz CT molecular complexity index is 617. The van der Waals surface area contributed by atoms with Crippen LogP contribution in [-0.2, 0) is 15.0 Å². The van der Waals surface area contributed by atoms with Crippen LogP contribution in [0.15, 0.2) is 24.3 Å². The molecular formula is C18H23NO3. The second kappa shape index (κ2) is 5.11. The van der Waals surface area contributed by atoms with Crippen molar-refractivity contribution in [1.29, 1.82) is 0 Å². The summed E-state index contributed by atoms with van der Waals surface area (Å²) >= 11 is 0. The van der Waals surface area contributed by atoms with Crippen LogP contribution in [0, 0.1) is 5.41 Å². The molecule has 2 N–H and O–H groups in total. The van der Waals surface area contributed by atoms with E-state index in [0.717, 1.165) is 12.8 Å². The second-order valence-corrected chi connectivity index (χ2v) is 7.41. The van der Waals surface area contributed by atoms with E-state index in [0.29, 0.717) is 12.8 Å². The van der Waals surface area contributed by atoms with E-state index in [1.807, 2.05) is 12.1 Å². The molecule has 1 aromatic carbocycles. The summed E-state index contributed by atoms with van der Waals surface area (Å²) in [4.78, 5) is 23.8. The van der Waals surface area contributed by atoms with Crippen molar-refractivity contribution in [2.24, 2.45) is 5.41 Å². The van der Waals surface area contributed by atoms with Crippen LogP contribution in [0.4, 0.5) is 0 Å². The first-order valence-electron chi connectivity index (χ1n) is 7.96. The summed E-state index contributed by atoms with van der Waals surface area (Å²) in [5, 5.41) is 12.4. The molecule has 1 saturated carbocycles. The smallest absolute Gasteiger partial charge is 0.310 e. The molecule has 0 saturated heterocycles. The van der Waals surface area contributed by atoms with Gasteiger partial charge in [0.15, 0.2) is 0 Å². The summed E-state index contributed by atoms with van der Waals surface area (Å²) in [6, 6.07) is 8.18. The number of carbonyl (C=O) groups is 2. The molecule has 22 heavy (non-hydrogen) atoms. The van der Waals surface area contributed by atoms with E-state index in [2.05, 4.69) is 31.3 Å². The fourth-order valence-corrected chi connectivity index (χ4v) is 3.90. The minimum Gasteiger partial charge on any atom is -0.481 e. The van der Waals surface area contributed by atoms with Gasteiger partial charge < -0.3 is 10.4 Å². The van der Waals surface area contributed by atoms with Crippen LogP contribution in [0.3, 0.4) is 0 Å². The van der Waals surface area contributed by atoms with Crippen LogP contribution >= 0.6 is 0 Å². The number of rotatable bonds is 4. The number of benzene rings is 1. The van der Waals surface area contributed by atoms with Gasteiger partial charge in [0.25, 0.3) is 0 Å². The molecule has 1 unspecified atom stereocenters. The number of hydrogen-bond donors (Lipinski definition) is 2. The molecule has 1 aromatic rings. The fourth-order valence-electron chi connectivity index (χ4n) is 3.90. The van der Waals surface area contributed by atoms with Crippen LogP contribution in [0.2, 0.25) is 0 Å². The van der Waals surface area contributed by atoms with Crippen LogP contribution in [0.1, 0.15) is 63.1 Å². The topological polar surface area (TPSA) is 66.4 Å². The van der Waals surface area contributed by atoms with Crippen molar-refractivity contribution in [3.8, 4) is 0 Å². The molecule has 1 atom stereocenters. The van der Waals surface area contributed by atoms with Gasteiger partial charge in [-0.15, -0.1) is 0 Å². The minimum absolute atomic E-state index is 0.00961. The van der Waals surface area contributed by atoms with E-state index >= 15 is 0 Å². The molecule has 1 amide bonds. The van der Waals surface area contributed by atoms with Crippen LogP contribution in [-0.4, -0.2) is 17.0 Å². The van der Waals surface area contributed by atoms with Gasteiger partial charge in [-0.3, -0.25) is 9.59 Å². The van der Waals surface area contributed by atoms with Crippen molar-refractivity contribution in [2.75, 3.05) is 0 Å². The van der Waals surface area contributed by atoms with Crippen LogP contribution in [0.25, 0.3) is 0 Å². The van der Waals surface area contributed by atoms with Crippen molar-refractivity contribution in [3.05, 3.63) is 35.4 Å². The highest BCUT2D eigenvalue weighted by molar-refractivity contribution is 5.86. The Morgan fingerprint density at radius 1 is 1.27 bits per heavy atom. The zero-order valence-electron chi connectivity index (χ0n) is 13.2. The highest BCUT2D eigenvalue weighted by Crippen LogP contribution is 2.46.